The van der Waals surface area contributed by atoms with Crippen LogP contribution in [0.25, 0.3) is 44.5 Å². The average Bonchev–Trinajstić information content (AvgIpc) is 3.31. The van der Waals surface area contributed by atoms with Crippen LogP contribution >= 0.6 is 0 Å². The van der Waals surface area contributed by atoms with E-state index >= 15 is 0 Å². The van der Waals surface area contributed by atoms with Crippen molar-refractivity contribution >= 4 is 35.2 Å². The van der Waals surface area contributed by atoms with Crippen molar-refractivity contribution < 1.29 is 28.6 Å². The monoisotopic (exact) mass is 694 g/mol. The number of fused-ring (bicyclic) bond motifs is 3. The van der Waals surface area contributed by atoms with Crippen LogP contribution in [0.3, 0.4) is 0 Å². The van der Waals surface area contributed by atoms with E-state index in [1.54, 1.807) is 18.2 Å². The van der Waals surface area contributed by atoms with E-state index in [0.717, 1.165) is 39.1 Å². The maximum atomic E-state index is 7.23. The van der Waals surface area contributed by atoms with Crippen molar-refractivity contribution in [2.75, 3.05) is 0 Å². The largest absolute Gasteiger partial charge is 0.501 e. The molecule has 1 radical (unpaired) electrons. The molecule has 0 N–H and O–H groups in total. The molecule has 6 rings (SSSR count). The fraction of sp³-hybridized carbons (Fsp3) is 0.152. The van der Waals surface area contributed by atoms with Crippen molar-refractivity contribution in [2.45, 2.75) is 33.4 Å². The van der Waals surface area contributed by atoms with Crippen LogP contribution in [-0.4, -0.2) is 18.0 Å². The number of aromatic nitrogens is 2. The molecule has 3 aromatic carbocycles. The van der Waals surface area contributed by atoms with Crippen molar-refractivity contribution in [2.24, 2.45) is 0 Å². The van der Waals surface area contributed by atoms with Gasteiger partial charge in [-0.1, -0.05) is 71.7 Å². The van der Waals surface area contributed by atoms with Gasteiger partial charge in [-0.3, -0.25) is 0 Å². The minimum absolute atomic E-state index is 0. The Morgan fingerprint density at radius 3 is 2.37 bits per heavy atom. The van der Waals surface area contributed by atoms with Crippen LogP contribution < -0.4 is 5.19 Å². The van der Waals surface area contributed by atoms with E-state index in [1.165, 1.54) is 22.3 Å². The number of benzene rings is 3. The molecule has 0 saturated carbocycles. The van der Waals surface area contributed by atoms with Gasteiger partial charge in [-0.05, 0) is 42.9 Å². The van der Waals surface area contributed by atoms with Gasteiger partial charge in [0.2, 0.25) is 0 Å². The predicted molar refractivity (Wildman–Crippen MR) is 157 cm³/mol. The van der Waals surface area contributed by atoms with Gasteiger partial charge in [0, 0.05) is 42.0 Å². The summed E-state index contributed by atoms with van der Waals surface area (Å²) in [6.45, 7) is 7.08. The van der Waals surface area contributed by atoms with Crippen LogP contribution in [0, 0.1) is 25.9 Å². The second-order valence-corrected chi connectivity index (χ2v) is 15.2. The number of nitrogens with zero attached hydrogens (tertiary/aromatic N) is 2. The van der Waals surface area contributed by atoms with Gasteiger partial charge >= 0.3 is 0 Å². The van der Waals surface area contributed by atoms with E-state index in [2.05, 4.69) is 79.0 Å². The second kappa shape index (κ2) is 11.6. The normalized spacial score (nSPS) is 12.6. The zero-order valence-corrected chi connectivity index (χ0v) is 25.2. The third-order valence-corrected chi connectivity index (χ3v) is 8.26. The average molecular weight is 694 g/mol. The SMILES string of the molecule is Cc1ccnc(-c2[c-]ccc3c2oc2ccc([Si](C)(C)C)cc23)c1.[2H]C([2H])([2H])c1ccc(-c2[c-]cccc2)nc1.[Ir]. The molecule has 0 aliphatic heterocycles. The Morgan fingerprint density at radius 2 is 1.68 bits per heavy atom. The van der Waals surface area contributed by atoms with Crippen LogP contribution in [0.2, 0.25) is 19.6 Å². The number of pyridine rings is 2. The number of rotatable bonds is 3. The summed E-state index contributed by atoms with van der Waals surface area (Å²) in [5, 5.41) is 3.77. The molecule has 38 heavy (non-hydrogen) atoms. The van der Waals surface area contributed by atoms with E-state index in [4.69, 9.17) is 8.53 Å². The summed E-state index contributed by atoms with van der Waals surface area (Å²) in [6, 6.07) is 31.9. The van der Waals surface area contributed by atoms with Gasteiger partial charge in [0.1, 0.15) is 5.58 Å². The fourth-order valence-corrected chi connectivity index (χ4v) is 5.34. The Kier molecular flexibility index (Phi) is 7.22. The van der Waals surface area contributed by atoms with Gasteiger partial charge in [-0.15, -0.1) is 54.1 Å². The van der Waals surface area contributed by atoms with Gasteiger partial charge in [-0.2, -0.15) is 0 Å². The molecule has 0 atom stereocenters. The number of hydrogen-bond acceptors (Lipinski definition) is 3. The molecule has 0 fully saturated rings. The first-order valence-electron chi connectivity index (χ1n) is 13.7. The van der Waals surface area contributed by atoms with E-state index in [9.17, 15) is 0 Å². The standard InChI is InChI=1S/C21H20NOSi.C12H10N.Ir/c1-14-10-11-22-19(12-14)17-7-5-6-16-18-13-15(24(2,3)4)8-9-20(18)23-21(16)17;1-10-7-8-12(13-9-10)11-5-3-2-4-6-11;/h5-6,8-13H,1-4H3;2-5,7-9H,1H3;/q2*-1;/i;1D3;. The Morgan fingerprint density at radius 1 is 0.816 bits per heavy atom. The third kappa shape index (κ3) is 6.02. The first-order valence-corrected chi connectivity index (χ1v) is 15.7. The van der Waals surface area contributed by atoms with E-state index < -0.39 is 14.9 Å². The Bertz CT molecular complexity index is 1780. The molecule has 3 heterocycles. The molecule has 0 bridgehead atoms. The van der Waals surface area contributed by atoms with Crippen molar-refractivity contribution in [3.05, 3.63) is 115 Å². The number of hydrogen-bond donors (Lipinski definition) is 0. The molecule has 0 aliphatic rings. The molecule has 193 valence electrons. The summed E-state index contributed by atoms with van der Waals surface area (Å²) in [4.78, 5) is 8.63. The Labute approximate surface area is 243 Å². The summed E-state index contributed by atoms with van der Waals surface area (Å²) < 4.78 is 27.9. The van der Waals surface area contributed by atoms with Gasteiger partial charge in [0.15, 0.2) is 0 Å². The minimum atomic E-state index is -2.09. The molecule has 5 heteroatoms. The fourth-order valence-electron chi connectivity index (χ4n) is 4.18. The number of aryl methyl sites for hydroxylation is 2. The van der Waals surface area contributed by atoms with Gasteiger partial charge in [0.05, 0.1) is 13.7 Å². The summed E-state index contributed by atoms with van der Waals surface area (Å²) in [5.74, 6) is 0. The Balaban J connectivity index is 0.000000200. The summed E-state index contributed by atoms with van der Waals surface area (Å²) in [6.07, 6.45) is 3.23. The van der Waals surface area contributed by atoms with Crippen LogP contribution in [0.5, 0.6) is 0 Å². The zero-order valence-electron chi connectivity index (χ0n) is 24.8. The van der Waals surface area contributed by atoms with Crippen molar-refractivity contribution in [1.82, 2.24) is 9.97 Å². The smallest absolute Gasteiger partial charge is 0.120 e. The molecule has 0 amide bonds. The van der Waals surface area contributed by atoms with Crippen LogP contribution in [0.1, 0.15) is 15.2 Å². The van der Waals surface area contributed by atoms with Gasteiger partial charge < -0.3 is 14.4 Å². The maximum Gasteiger partial charge on any atom is 0.120 e. The van der Waals surface area contributed by atoms with Crippen LogP contribution in [0.15, 0.2) is 95.7 Å². The van der Waals surface area contributed by atoms with Crippen molar-refractivity contribution in [1.29, 1.82) is 0 Å². The van der Waals surface area contributed by atoms with Crippen LogP contribution in [0.4, 0.5) is 0 Å². The third-order valence-electron chi connectivity index (χ3n) is 6.22. The summed E-state index contributed by atoms with van der Waals surface area (Å²) in [5.41, 5.74) is 6.67. The molecule has 0 spiro atoms. The van der Waals surface area contributed by atoms with E-state index in [0.29, 0.717) is 0 Å². The van der Waals surface area contributed by atoms with Crippen molar-refractivity contribution in [3.8, 4) is 22.5 Å². The first kappa shape index (κ1) is 23.7. The predicted octanol–water partition coefficient (Wildman–Crippen LogP) is 8.16. The molecule has 0 aliphatic carbocycles. The Hall–Kier alpha value is -3.37. The molecule has 3 nitrogen and oxygen atoms in total. The summed E-state index contributed by atoms with van der Waals surface area (Å²) in [7, 11) is -1.36. The molecular weight excluding hydrogens is 661 g/mol. The first-order chi connectivity index (χ1) is 19.0. The van der Waals surface area contributed by atoms with Gasteiger partial charge in [0.25, 0.3) is 0 Å². The van der Waals surface area contributed by atoms with Gasteiger partial charge in [-0.25, -0.2) is 0 Å². The molecule has 6 aromatic rings. The molecular formula is C33H30IrN2OSi-2. The second-order valence-electron chi connectivity index (χ2n) is 10.1. The van der Waals surface area contributed by atoms with E-state index in [1.807, 2.05) is 36.5 Å². The van der Waals surface area contributed by atoms with E-state index in [-0.39, 0.29) is 25.7 Å². The maximum absolute atomic E-state index is 7.23. The number of furan rings is 1. The molecule has 3 aromatic heterocycles. The minimum Gasteiger partial charge on any atom is -0.501 e. The molecule has 0 unspecified atom stereocenters. The van der Waals surface area contributed by atoms with Crippen molar-refractivity contribution in [3.63, 3.8) is 0 Å². The molecule has 0 saturated heterocycles. The zero-order chi connectivity index (χ0) is 28.5. The van der Waals surface area contributed by atoms with Crippen LogP contribution in [-0.2, 0) is 20.1 Å². The quantitative estimate of drug-likeness (QED) is 0.139. The summed E-state index contributed by atoms with van der Waals surface area (Å²) >= 11 is 0. The topological polar surface area (TPSA) is 38.9 Å².